The average molecular weight is 376 g/mol. The van der Waals surface area contributed by atoms with Gasteiger partial charge in [-0.05, 0) is 42.5 Å². The van der Waals surface area contributed by atoms with Crippen LogP contribution >= 0.6 is 11.3 Å². The van der Waals surface area contributed by atoms with Crippen molar-refractivity contribution >= 4 is 38.7 Å². The molecular formula is C20H20N6S. The molecule has 2 aliphatic rings. The molecule has 5 rings (SSSR count). The number of rotatable bonds is 4. The summed E-state index contributed by atoms with van der Waals surface area (Å²) in [7, 11) is 0. The molecule has 2 fully saturated rings. The molecule has 4 heterocycles. The standard InChI is InChI=1S/C20H20N6S/c21-10-16-20(13-1-2-13)15-9-19(24-12-17(15)27-16)25-18-4-3-14(11-23-18)26-7-5-22-6-8-26/h3-4,9,11-13,22H,1-2,5-8H2,(H,23,24,25). The minimum absolute atomic E-state index is 0.542. The molecule has 0 unspecified atom stereocenters. The smallest absolute Gasteiger partial charge is 0.132 e. The molecule has 2 N–H and O–H groups in total. The highest BCUT2D eigenvalue weighted by atomic mass is 32.1. The van der Waals surface area contributed by atoms with Crippen molar-refractivity contribution in [1.29, 1.82) is 5.26 Å². The molecular weight excluding hydrogens is 356 g/mol. The van der Waals surface area contributed by atoms with E-state index in [4.69, 9.17) is 0 Å². The van der Waals surface area contributed by atoms with Crippen LogP contribution in [0.15, 0.2) is 30.6 Å². The van der Waals surface area contributed by atoms with Crippen molar-refractivity contribution in [3.63, 3.8) is 0 Å². The van der Waals surface area contributed by atoms with E-state index in [9.17, 15) is 5.26 Å². The van der Waals surface area contributed by atoms with Crippen LogP contribution in [0.5, 0.6) is 0 Å². The van der Waals surface area contributed by atoms with Gasteiger partial charge in [0.1, 0.15) is 22.6 Å². The third kappa shape index (κ3) is 3.22. The van der Waals surface area contributed by atoms with Crippen molar-refractivity contribution in [2.75, 3.05) is 36.4 Å². The van der Waals surface area contributed by atoms with Crippen LogP contribution in [0.3, 0.4) is 0 Å². The van der Waals surface area contributed by atoms with Gasteiger partial charge in [0.25, 0.3) is 0 Å². The molecule has 1 saturated carbocycles. The fourth-order valence-electron chi connectivity index (χ4n) is 3.65. The van der Waals surface area contributed by atoms with Crippen molar-refractivity contribution in [3.05, 3.63) is 41.0 Å². The van der Waals surface area contributed by atoms with Crippen LogP contribution in [0.2, 0.25) is 0 Å². The molecule has 3 aromatic heterocycles. The molecule has 0 amide bonds. The molecule has 1 aliphatic carbocycles. The van der Waals surface area contributed by atoms with E-state index in [1.165, 1.54) is 18.4 Å². The van der Waals surface area contributed by atoms with E-state index in [1.807, 2.05) is 18.5 Å². The normalized spacial score (nSPS) is 17.1. The molecule has 6 nitrogen and oxygen atoms in total. The number of hydrogen-bond acceptors (Lipinski definition) is 7. The number of aromatic nitrogens is 2. The summed E-state index contributed by atoms with van der Waals surface area (Å²) >= 11 is 1.55. The second-order valence-corrected chi connectivity index (χ2v) is 8.11. The Hall–Kier alpha value is -2.69. The number of nitriles is 1. The summed E-state index contributed by atoms with van der Waals surface area (Å²) in [6.07, 6.45) is 6.14. The Morgan fingerprint density at radius 2 is 1.96 bits per heavy atom. The van der Waals surface area contributed by atoms with E-state index in [2.05, 4.69) is 43.7 Å². The zero-order valence-corrected chi connectivity index (χ0v) is 15.7. The molecule has 0 aromatic carbocycles. The molecule has 3 aromatic rings. The van der Waals surface area contributed by atoms with Gasteiger partial charge in [-0.2, -0.15) is 5.26 Å². The Kier molecular flexibility index (Phi) is 4.15. The zero-order chi connectivity index (χ0) is 18.2. The minimum atomic E-state index is 0.542. The Labute approximate surface area is 161 Å². The number of nitrogens with one attached hydrogen (secondary N) is 2. The summed E-state index contributed by atoms with van der Waals surface area (Å²) in [5, 5.41) is 17.3. The SMILES string of the molecule is N#Cc1sc2cnc(Nc3ccc(N4CCNCC4)cn3)cc2c1C1CC1. The number of pyridine rings is 2. The molecule has 0 radical (unpaired) electrons. The highest BCUT2D eigenvalue weighted by Gasteiger charge is 2.30. The molecule has 1 aliphatic heterocycles. The number of anilines is 3. The lowest BCUT2D eigenvalue weighted by atomic mass is 10.1. The van der Waals surface area contributed by atoms with Gasteiger partial charge in [-0.1, -0.05) is 0 Å². The van der Waals surface area contributed by atoms with Crippen molar-refractivity contribution in [2.24, 2.45) is 0 Å². The number of hydrogen-bond donors (Lipinski definition) is 2. The first-order valence-electron chi connectivity index (χ1n) is 9.33. The predicted molar refractivity (Wildman–Crippen MR) is 109 cm³/mol. The van der Waals surface area contributed by atoms with Crippen molar-refractivity contribution < 1.29 is 0 Å². The minimum Gasteiger partial charge on any atom is -0.368 e. The molecule has 136 valence electrons. The van der Waals surface area contributed by atoms with Crippen LogP contribution in [-0.4, -0.2) is 36.1 Å². The first-order valence-corrected chi connectivity index (χ1v) is 10.1. The maximum absolute atomic E-state index is 9.44. The van der Waals surface area contributed by atoms with Crippen LogP contribution in [0, 0.1) is 11.3 Å². The van der Waals surface area contributed by atoms with Crippen LogP contribution in [0.1, 0.15) is 29.2 Å². The van der Waals surface area contributed by atoms with Gasteiger partial charge in [0.05, 0.1) is 16.6 Å². The van der Waals surface area contributed by atoms with Gasteiger partial charge in [0.2, 0.25) is 0 Å². The van der Waals surface area contributed by atoms with E-state index in [0.29, 0.717) is 5.92 Å². The number of fused-ring (bicyclic) bond motifs is 1. The number of nitrogens with zero attached hydrogens (tertiary/aromatic N) is 4. The molecule has 0 atom stereocenters. The van der Waals surface area contributed by atoms with E-state index in [0.717, 1.165) is 58.5 Å². The first-order chi connectivity index (χ1) is 13.3. The Balaban J connectivity index is 1.39. The van der Waals surface area contributed by atoms with Gasteiger partial charge in [0.15, 0.2) is 0 Å². The predicted octanol–water partition coefficient (Wildman–Crippen LogP) is 3.59. The Morgan fingerprint density at radius 3 is 2.67 bits per heavy atom. The fourth-order valence-corrected chi connectivity index (χ4v) is 4.69. The largest absolute Gasteiger partial charge is 0.368 e. The van der Waals surface area contributed by atoms with E-state index >= 15 is 0 Å². The monoisotopic (exact) mass is 376 g/mol. The van der Waals surface area contributed by atoms with E-state index in [1.54, 1.807) is 11.3 Å². The van der Waals surface area contributed by atoms with E-state index < -0.39 is 0 Å². The quantitative estimate of drug-likeness (QED) is 0.725. The van der Waals surface area contributed by atoms with Crippen LogP contribution in [0.4, 0.5) is 17.3 Å². The molecule has 7 heteroatoms. The van der Waals surface area contributed by atoms with E-state index in [-0.39, 0.29) is 0 Å². The summed E-state index contributed by atoms with van der Waals surface area (Å²) in [5.74, 6) is 2.10. The van der Waals surface area contributed by atoms with Gasteiger partial charge in [-0.25, -0.2) is 9.97 Å². The second kappa shape index (κ2) is 6.80. The highest BCUT2D eigenvalue weighted by Crippen LogP contribution is 2.48. The zero-order valence-electron chi connectivity index (χ0n) is 14.9. The topological polar surface area (TPSA) is 76.9 Å². The van der Waals surface area contributed by atoms with Crippen molar-refractivity contribution in [1.82, 2.24) is 15.3 Å². The third-order valence-electron chi connectivity index (χ3n) is 5.19. The molecule has 27 heavy (non-hydrogen) atoms. The second-order valence-electron chi connectivity index (χ2n) is 7.06. The van der Waals surface area contributed by atoms with Gasteiger partial charge in [0, 0.05) is 37.8 Å². The molecule has 1 saturated heterocycles. The van der Waals surface area contributed by atoms with Gasteiger partial charge in [-0.3, -0.25) is 0 Å². The number of thiophene rings is 1. The summed E-state index contributed by atoms with van der Waals surface area (Å²) in [6.45, 7) is 4.04. The highest BCUT2D eigenvalue weighted by molar-refractivity contribution is 7.19. The maximum atomic E-state index is 9.44. The first kappa shape index (κ1) is 16.5. The summed E-state index contributed by atoms with van der Waals surface area (Å²) in [6, 6.07) is 8.53. The van der Waals surface area contributed by atoms with Crippen LogP contribution in [-0.2, 0) is 0 Å². The third-order valence-corrected chi connectivity index (χ3v) is 6.25. The molecule has 0 bridgehead atoms. The van der Waals surface area contributed by atoms with Crippen molar-refractivity contribution in [2.45, 2.75) is 18.8 Å². The summed E-state index contributed by atoms with van der Waals surface area (Å²) in [4.78, 5) is 12.3. The fraction of sp³-hybridized carbons (Fsp3) is 0.350. The summed E-state index contributed by atoms with van der Waals surface area (Å²) < 4.78 is 1.08. The van der Waals surface area contributed by atoms with Crippen molar-refractivity contribution in [3.8, 4) is 6.07 Å². The van der Waals surface area contributed by atoms with Gasteiger partial charge < -0.3 is 15.5 Å². The Bertz CT molecular complexity index is 1010. The number of piperazine rings is 1. The summed E-state index contributed by atoms with van der Waals surface area (Å²) in [5.41, 5.74) is 2.36. The average Bonchev–Trinajstić information content (AvgIpc) is 3.49. The van der Waals surface area contributed by atoms with Crippen LogP contribution < -0.4 is 15.5 Å². The lowest BCUT2D eigenvalue weighted by Crippen LogP contribution is -2.43. The Morgan fingerprint density at radius 1 is 1.15 bits per heavy atom. The maximum Gasteiger partial charge on any atom is 0.132 e. The lowest BCUT2D eigenvalue weighted by molar-refractivity contribution is 0.589. The van der Waals surface area contributed by atoms with Gasteiger partial charge >= 0.3 is 0 Å². The molecule has 0 spiro atoms. The van der Waals surface area contributed by atoms with Gasteiger partial charge in [-0.15, -0.1) is 11.3 Å². The van der Waals surface area contributed by atoms with Crippen LogP contribution in [0.25, 0.3) is 10.1 Å². The lowest BCUT2D eigenvalue weighted by Gasteiger charge is -2.29.